The number of hydrogen-bond donors (Lipinski definition) is 1. The molecule has 1 saturated heterocycles. The lowest BCUT2D eigenvalue weighted by Gasteiger charge is -2.15. The van der Waals surface area contributed by atoms with E-state index < -0.39 is 15.9 Å². The average molecular weight is 412 g/mol. The van der Waals surface area contributed by atoms with Crippen LogP contribution in [-0.4, -0.2) is 37.4 Å². The molecule has 1 amide bonds. The van der Waals surface area contributed by atoms with E-state index in [1.165, 1.54) is 27.8 Å². The highest BCUT2D eigenvalue weighted by molar-refractivity contribution is 7.89. The normalized spacial score (nSPS) is 16.0. The highest BCUT2D eigenvalue weighted by Gasteiger charge is 2.27. The van der Waals surface area contributed by atoms with Crippen molar-refractivity contribution in [3.8, 4) is 0 Å². The molecule has 0 saturated carbocycles. The number of rotatable bonds is 5. The summed E-state index contributed by atoms with van der Waals surface area (Å²) in [5.74, 6) is -0.467. The number of nitrogens with one attached hydrogen (secondary N) is 1. The number of nitrogens with zero attached hydrogens (tertiary/aromatic N) is 2. The summed E-state index contributed by atoms with van der Waals surface area (Å²) in [6.07, 6.45) is 1.72. The molecule has 0 radical (unpaired) electrons. The van der Waals surface area contributed by atoms with E-state index in [4.69, 9.17) is 11.6 Å². The molecule has 2 heterocycles. The summed E-state index contributed by atoms with van der Waals surface area (Å²) in [5.41, 5.74) is 3.32. The molecule has 0 aliphatic carbocycles. The van der Waals surface area contributed by atoms with Crippen LogP contribution in [-0.2, 0) is 10.0 Å². The fraction of sp³-hybridized carbons (Fsp3) is 0.294. The number of benzene rings is 1. The number of sulfonamides is 1. The van der Waals surface area contributed by atoms with Gasteiger partial charge < -0.3 is 0 Å². The molecular formula is C17H18ClN3O3S2. The van der Waals surface area contributed by atoms with Gasteiger partial charge in [0.2, 0.25) is 10.0 Å². The van der Waals surface area contributed by atoms with E-state index in [1.807, 2.05) is 6.07 Å². The first-order valence-corrected chi connectivity index (χ1v) is 10.7. The maximum Gasteiger partial charge on any atom is 0.271 e. The van der Waals surface area contributed by atoms with Crippen LogP contribution in [0.2, 0.25) is 4.34 Å². The van der Waals surface area contributed by atoms with Crippen molar-refractivity contribution in [1.29, 1.82) is 0 Å². The van der Waals surface area contributed by atoms with Crippen LogP contribution in [0.25, 0.3) is 0 Å². The summed E-state index contributed by atoms with van der Waals surface area (Å²) in [6.45, 7) is 2.80. The second-order valence-electron chi connectivity index (χ2n) is 5.88. The Labute approximate surface area is 161 Å². The van der Waals surface area contributed by atoms with Crippen molar-refractivity contribution in [2.45, 2.75) is 24.7 Å². The zero-order chi connectivity index (χ0) is 18.7. The number of thiophene rings is 1. The van der Waals surface area contributed by atoms with Crippen LogP contribution in [0.15, 0.2) is 46.4 Å². The number of carbonyl (C=O) groups excluding carboxylic acids is 1. The molecule has 1 fully saturated rings. The standard InChI is InChI=1S/C17H18ClN3O3S2/c1-12(15-7-8-16(18)25-15)19-20-17(22)13-5-4-6-14(11-13)26(23,24)21-9-2-3-10-21/h4-8,11H,2-3,9-10H2,1H3,(H,20,22)/b19-12+. The molecule has 6 nitrogen and oxygen atoms in total. The monoisotopic (exact) mass is 411 g/mol. The van der Waals surface area contributed by atoms with Crippen molar-refractivity contribution in [2.75, 3.05) is 13.1 Å². The van der Waals surface area contributed by atoms with Crippen LogP contribution >= 0.6 is 22.9 Å². The lowest BCUT2D eigenvalue weighted by Crippen LogP contribution is -2.28. The van der Waals surface area contributed by atoms with Crippen molar-refractivity contribution in [3.63, 3.8) is 0 Å². The molecule has 0 spiro atoms. The van der Waals surface area contributed by atoms with Crippen LogP contribution in [0.4, 0.5) is 0 Å². The van der Waals surface area contributed by atoms with E-state index in [0.717, 1.165) is 17.7 Å². The van der Waals surface area contributed by atoms with Crippen LogP contribution in [0.3, 0.4) is 0 Å². The maximum absolute atomic E-state index is 12.6. The van der Waals surface area contributed by atoms with Gasteiger partial charge in [-0.05, 0) is 50.1 Å². The average Bonchev–Trinajstić information content (AvgIpc) is 3.31. The minimum Gasteiger partial charge on any atom is -0.267 e. The Morgan fingerprint density at radius 1 is 1.23 bits per heavy atom. The Balaban J connectivity index is 1.76. The molecule has 2 aromatic rings. The Bertz CT molecular complexity index is 948. The quantitative estimate of drug-likeness (QED) is 0.605. The van der Waals surface area contributed by atoms with Crippen molar-refractivity contribution in [2.24, 2.45) is 5.10 Å². The first-order valence-electron chi connectivity index (χ1n) is 8.08. The predicted molar refractivity (Wildman–Crippen MR) is 103 cm³/mol. The molecule has 1 N–H and O–H groups in total. The van der Waals surface area contributed by atoms with Gasteiger partial charge in [-0.25, -0.2) is 13.8 Å². The molecule has 9 heteroatoms. The third kappa shape index (κ3) is 4.15. The molecule has 26 heavy (non-hydrogen) atoms. The molecule has 1 aliphatic heterocycles. The summed E-state index contributed by atoms with van der Waals surface area (Å²) < 4.78 is 27.3. The first kappa shape index (κ1) is 19.0. The highest BCUT2D eigenvalue weighted by Crippen LogP contribution is 2.23. The Morgan fingerprint density at radius 3 is 2.62 bits per heavy atom. The smallest absolute Gasteiger partial charge is 0.267 e. The lowest BCUT2D eigenvalue weighted by molar-refractivity contribution is 0.0954. The van der Waals surface area contributed by atoms with Gasteiger partial charge in [0.15, 0.2) is 0 Å². The summed E-state index contributed by atoms with van der Waals surface area (Å²) in [6, 6.07) is 9.59. The van der Waals surface area contributed by atoms with Crippen LogP contribution < -0.4 is 5.43 Å². The number of halogens is 1. The summed E-state index contributed by atoms with van der Waals surface area (Å²) in [7, 11) is -3.56. The Kier molecular flexibility index (Phi) is 5.76. The second kappa shape index (κ2) is 7.87. The summed E-state index contributed by atoms with van der Waals surface area (Å²) >= 11 is 7.25. The third-order valence-electron chi connectivity index (χ3n) is 4.05. The topological polar surface area (TPSA) is 78.8 Å². The molecule has 0 unspecified atom stereocenters. The van der Waals surface area contributed by atoms with E-state index in [0.29, 0.717) is 23.1 Å². The van der Waals surface area contributed by atoms with Crippen LogP contribution in [0, 0.1) is 0 Å². The first-order chi connectivity index (χ1) is 12.4. The number of amides is 1. The molecule has 1 aromatic heterocycles. The van der Waals surface area contributed by atoms with Crippen molar-refractivity contribution in [1.82, 2.24) is 9.73 Å². The molecular weight excluding hydrogens is 394 g/mol. The SMILES string of the molecule is C/C(=N\NC(=O)c1cccc(S(=O)(=O)N2CCCC2)c1)c1ccc(Cl)s1. The van der Waals surface area contributed by atoms with E-state index in [1.54, 1.807) is 25.1 Å². The van der Waals surface area contributed by atoms with Crippen molar-refractivity contribution in [3.05, 3.63) is 51.2 Å². The summed E-state index contributed by atoms with van der Waals surface area (Å²) in [5, 5.41) is 4.06. The number of carbonyl (C=O) groups is 1. The summed E-state index contributed by atoms with van der Waals surface area (Å²) in [4.78, 5) is 13.3. The zero-order valence-corrected chi connectivity index (χ0v) is 16.5. The minimum absolute atomic E-state index is 0.123. The van der Waals surface area contributed by atoms with Crippen molar-refractivity contribution >= 4 is 44.6 Å². The van der Waals surface area contributed by atoms with E-state index >= 15 is 0 Å². The predicted octanol–water partition coefficient (Wildman–Crippen LogP) is 3.34. The highest BCUT2D eigenvalue weighted by atomic mass is 35.5. The van der Waals surface area contributed by atoms with Gasteiger partial charge >= 0.3 is 0 Å². The fourth-order valence-electron chi connectivity index (χ4n) is 2.64. The van der Waals surface area contributed by atoms with E-state index in [9.17, 15) is 13.2 Å². The zero-order valence-electron chi connectivity index (χ0n) is 14.1. The molecule has 138 valence electrons. The van der Waals surface area contributed by atoms with Gasteiger partial charge in [0.25, 0.3) is 5.91 Å². The van der Waals surface area contributed by atoms with Gasteiger partial charge in [0, 0.05) is 18.7 Å². The number of hydrazone groups is 1. The number of hydrogen-bond acceptors (Lipinski definition) is 5. The molecule has 3 rings (SSSR count). The van der Waals surface area contributed by atoms with Crippen LogP contribution in [0.1, 0.15) is 35.0 Å². The molecule has 1 aromatic carbocycles. The molecule has 0 bridgehead atoms. The minimum atomic E-state index is -3.56. The maximum atomic E-state index is 12.6. The van der Waals surface area contributed by atoms with E-state index in [-0.39, 0.29) is 10.5 Å². The fourth-order valence-corrected chi connectivity index (χ4v) is 5.19. The molecule has 0 atom stereocenters. The lowest BCUT2D eigenvalue weighted by atomic mass is 10.2. The third-order valence-corrected chi connectivity index (χ3v) is 7.29. The van der Waals surface area contributed by atoms with Crippen LogP contribution in [0.5, 0.6) is 0 Å². The van der Waals surface area contributed by atoms with Gasteiger partial charge in [-0.3, -0.25) is 4.79 Å². The van der Waals surface area contributed by atoms with Gasteiger partial charge in [-0.1, -0.05) is 17.7 Å². The second-order valence-corrected chi connectivity index (χ2v) is 9.53. The molecule has 1 aliphatic rings. The van der Waals surface area contributed by atoms with Gasteiger partial charge in [0.05, 0.1) is 19.8 Å². The van der Waals surface area contributed by atoms with Gasteiger partial charge in [-0.2, -0.15) is 9.41 Å². The Hall–Kier alpha value is -1.74. The van der Waals surface area contributed by atoms with Gasteiger partial charge in [-0.15, -0.1) is 11.3 Å². The van der Waals surface area contributed by atoms with Gasteiger partial charge in [0.1, 0.15) is 0 Å². The Morgan fingerprint density at radius 2 is 1.96 bits per heavy atom. The largest absolute Gasteiger partial charge is 0.271 e. The van der Waals surface area contributed by atoms with Crippen molar-refractivity contribution < 1.29 is 13.2 Å². The van der Waals surface area contributed by atoms with E-state index in [2.05, 4.69) is 10.5 Å².